The van der Waals surface area contributed by atoms with Crippen molar-refractivity contribution in [2.24, 2.45) is 0 Å². The fourth-order valence-electron chi connectivity index (χ4n) is 2.87. The van der Waals surface area contributed by atoms with Gasteiger partial charge in [0.2, 0.25) is 0 Å². The summed E-state index contributed by atoms with van der Waals surface area (Å²) in [4.78, 5) is 16.3. The maximum atomic E-state index is 10.7. The number of amides is 1. The summed E-state index contributed by atoms with van der Waals surface area (Å²) in [6.07, 6.45) is 2.18. The summed E-state index contributed by atoms with van der Waals surface area (Å²) in [5.74, 6) is 0.527. The molecular weight excluding hydrogens is 242 g/mol. The number of benzene rings is 1. The zero-order chi connectivity index (χ0) is 13.4. The highest BCUT2D eigenvalue weighted by Crippen LogP contribution is 2.33. The number of carbonyl (C=O) groups is 1. The zero-order valence-electron chi connectivity index (χ0n) is 10.8. The van der Waals surface area contributed by atoms with Gasteiger partial charge in [0.15, 0.2) is 0 Å². The van der Waals surface area contributed by atoms with Crippen LogP contribution in [0, 0.1) is 0 Å². The topological polar surface area (TPSA) is 68.4 Å². The van der Waals surface area contributed by atoms with Gasteiger partial charge in [-0.25, -0.2) is 4.79 Å². The maximum Gasteiger partial charge on any atom is 0.409 e. The molecule has 1 aliphatic rings. The lowest BCUT2D eigenvalue weighted by molar-refractivity contribution is 0.210. The molecule has 0 radical (unpaired) electrons. The predicted molar refractivity (Wildman–Crippen MR) is 74.8 cm³/mol. The summed E-state index contributed by atoms with van der Waals surface area (Å²) in [5, 5.41) is 12.3. The molecule has 1 aliphatic heterocycles. The number of anilines is 1. The molecule has 2 aromatic rings. The van der Waals surface area contributed by atoms with Crippen molar-refractivity contribution >= 4 is 22.7 Å². The number of nitrogens with zero attached hydrogens (tertiary/aromatic N) is 1. The zero-order valence-corrected chi connectivity index (χ0v) is 10.8. The van der Waals surface area contributed by atoms with Crippen LogP contribution >= 0.6 is 0 Å². The Labute approximate surface area is 111 Å². The number of likely N-dealkylation sites (N-methyl/N-ethyl adjacent to an activating group) is 1. The summed E-state index contributed by atoms with van der Waals surface area (Å²) in [6, 6.07) is 5.61. The minimum Gasteiger partial charge on any atom is -0.465 e. The molecule has 0 aliphatic carbocycles. The van der Waals surface area contributed by atoms with Crippen LogP contribution < -0.4 is 5.32 Å². The Morgan fingerprint density at radius 1 is 1.53 bits per heavy atom. The van der Waals surface area contributed by atoms with Crippen molar-refractivity contribution in [3.8, 4) is 0 Å². The standard InChI is InChI=1S/C14H17N3O2/c1-17-5-4-9(8-17)12-7-15-13-3-2-10(6-11(12)13)16-14(18)19/h2-3,6-7,9,15-16H,4-5,8H2,1H3,(H,18,19). The first-order chi connectivity index (χ1) is 9.13. The van der Waals surface area contributed by atoms with Gasteiger partial charge in [0.25, 0.3) is 0 Å². The first kappa shape index (κ1) is 12.0. The molecule has 100 valence electrons. The van der Waals surface area contributed by atoms with Crippen LogP contribution in [0.1, 0.15) is 17.9 Å². The third kappa shape index (κ3) is 2.29. The number of hydrogen-bond acceptors (Lipinski definition) is 2. The van der Waals surface area contributed by atoms with Crippen molar-refractivity contribution < 1.29 is 9.90 Å². The van der Waals surface area contributed by atoms with Gasteiger partial charge >= 0.3 is 6.09 Å². The van der Waals surface area contributed by atoms with E-state index in [1.165, 1.54) is 5.56 Å². The van der Waals surface area contributed by atoms with Crippen LogP contribution in [-0.2, 0) is 0 Å². The SMILES string of the molecule is CN1CCC(c2c[nH]c3ccc(NC(=O)O)cc23)C1. The Morgan fingerprint density at radius 2 is 2.37 bits per heavy atom. The number of fused-ring (bicyclic) bond motifs is 1. The fraction of sp³-hybridized carbons (Fsp3) is 0.357. The average molecular weight is 259 g/mol. The van der Waals surface area contributed by atoms with E-state index >= 15 is 0 Å². The Bertz CT molecular complexity index is 620. The quantitative estimate of drug-likeness (QED) is 0.776. The molecule has 5 nitrogen and oxygen atoms in total. The van der Waals surface area contributed by atoms with Gasteiger partial charge in [-0.1, -0.05) is 0 Å². The lowest BCUT2D eigenvalue weighted by Crippen LogP contribution is -2.13. The predicted octanol–water partition coefficient (Wildman–Crippen LogP) is 2.68. The van der Waals surface area contributed by atoms with Crippen LogP contribution in [0.3, 0.4) is 0 Å². The summed E-state index contributed by atoms with van der Waals surface area (Å²) < 4.78 is 0. The lowest BCUT2D eigenvalue weighted by Gasteiger charge is -2.10. The number of H-pyrrole nitrogens is 1. The number of rotatable bonds is 2. The van der Waals surface area contributed by atoms with Crippen LogP contribution in [0.5, 0.6) is 0 Å². The summed E-state index contributed by atoms with van der Waals surface area (Å²) >= 11 is 0. The van der Waals surface area contributed by atoms with Crippen molar-refractivity contribution in [2.75, 3.05) is 25.5 Å². The van der Waals surface area contributed by atoms with E-state index in [1.54, 1.807) is 6.07 Å². The van der Waals surface area contributed by atoms with E-state index < -0.39 is 6.09 Å². The molecule has 1 saturated heterocycles. The molecule has 1 fully saturated rings. The molecule has 0 spiro atoms. The van der Waals surface area contributed by atoms with Crippen LogP contribution in [-0.4, -0.2) is 41.2 Å². The Morgan fingerprint density at radius 3 is 3.05 bits per heavy atom. The number of nitrogens with one attached hydrogen (secondary N) is 2. The van der Waals surface area contributed by atoms with Crippen LogP contribution in [0.25, 0.3) is 10.9 Å². The van der Waals surface area contributed by atoms with Crippen LogP contribution in [0.2, 0.25) is 0 Å². The second kappa shape index (κ2) is 4.59. The minimum absolute atomic E-state index is 0.527. The molecule has 1 atom stereocenters. The van der Waals surface area contributed by atoms with Gasteiger partial charge in [-0.2, -0.15) is 0 Å². The molecule has 1 unspecified atom stereocenters. The van der Waals surface area contributed by atoms with Crippen molar-refractivity contribution in [3.05, 3.63) is 30.0 Å². The molecule has 1 aromatic heterocycles. The van der Waals surface area contributed by atoms with E-state index in [4.69, 9.17) is 5.11 Å². The molecule has 5 heteroatoms. The molecule has 3 N–H and O–H groups in total. The number of hydrogen-bond donors (Lipinski definition) is 3. The third-order valence-corrected chi connectivity index (χ3v) is 3.80. The Kier molecular flexibility index (Phi) is 2.91. The van der Waals surface area contributed by atoms with E-state index in [0.717, 1.165) is 30.4 Å². The second-order valence-electron chi connectivity index (χ2n) is 5.18. The van der Waals surface area contributed by atoms with Crippen molar-refractivity contribution in [2.45, 2.75) is 12.3 Å². The first-order valence-corrected chi connectivity index (χ1v) is 6.43. The van der Waals surface area contributed by atoms with Gasteiger partial charge in [0, 0.05) is 29.3 Å². The Hall–Kier alpha value is -2.01. The highest BCUT2D eigenvalue weighted by Gasteiger charge is 2.23. The molecular formula is C14H17N3O2. The number of likely N-dealkylation sites (tertiary alicyclic amines) is 1. The van der Waals surface area contributed by atoms with Gasteiger partial charge in [0.05, 0.1) is 0 Å². The smallest absolute Gasteiger partial charge is 0.409 e. The molecule has 19 heavy (non-hydrogen) atoms. The largest absolute Gasteiger partial charge is 0.465 e. The first-order valence-electron chi connectivity index (χ1n) is 6.43. The Balaban J connectivity index is 1.98. The molecule has 0 saturated carbocycles. The average Bonchev–Trinajstić information content (AvgIpc) is 2.94. The van der Waals surface area contributed by atoms with Crippen LogP contribution in [0.15, 0.2) is 24.4 Å². The maximum absolute atomic E-state index is 10.7. The summed E-state index contributed by atoms with van der Waals surface area (Å²) in [5.41, 5.74) is 2.96. The summed E-state index contributed by atoms with van der Waals surface area (Å²) in [6.45, 7) is 2.17. The highest BCUT2D eigenvalue weighted by atomic mass is 16.4. The molecule has 2 heterocycles. The number of aromatic amines is 1. The van der Waals surface area contributed by atoms with Gasteiger partial charge in [-0.3, -0.25) is 5.32 Å². The lowest BCUT2D eigenvalue weighted by atomic mass is 9.98. The normalized spacial score (nSPS) is 19.9. The van der Waals surface area contributed by atoms with Crippen molar-refractivity contribution in [3.63, 3.8) is 0 Å². The molecule has 1 aromatic carbocycles. The summed E-state index contributed by atoms with van der Waals surface area (Å²) in [7, 11) is 2.13. The van der Waals surface area contributed by atoms with Crippen molar-refractivity contribution in [1.82, 2.24) is 9.88 Å². The number of carboxylic acid groups (broad SMARTS) is 1. The number of aromatic nitrogens is 1. The van der Waals surface area contributed by atoms with E-state index in [2.05, 4.69) is 28.4 Å². The minimum atomic E-state index is -1.03. The van der Waals surface area contributed by atoms with E-state index in [1.807, 2.05) is 12.1 Å². The van der Waals surface area contributed by atoms with Gasteiger partial charge < -0.3 is 15.0 Å². The van der Waals surface area contributed by atoms with Gasteiger partial charge in [-0.15, -0.1) is 0 Å². The van der Waals surface area contributed by atoms with Crippen molar-refractivity contribution in [1.29, 1.82) is 0 Å². The highest BCUT2D eigenvalue weighted by molar-refractivity contribution is 5.91. The van der Waals surface area contributed by atoms with E-state index in [9.17, 15) is 4.79 Å². The molecule has 0 bridgehead atoms. The van der Waals surface area contributed by atoms with Gasteiger partial charge in [-0.05, 0) is 49.7 Å². The van der Waals surface area contributed by atoms with Crippen LogP contribution in [0.4, 0.5) is 10.5 Å². The molecule has 3 rings (SSSR count). The fourth-order valence-corrected chi connectivity index (χ4v) is 2.87. The van der Waals surface area contributed by atoms with E-state index in [0.29, 0.717) is 11.6 Å². The molecule has 1 amide bonds. The second-order valence-corrected chi connectivity index (χ2v) is 5.18. The monoisotopic (exact) mass is 259 g/mol. The van der Waals surface area contributed by atoms with Gasteiger partial charge in [0.1, 0.15) is 0 Å². The van der Waals surface area contributed by atoms with E-state index in [-0.39, 0.29) is 0 Å². The third-order valence-electron chi connectivity index (χ3n) is 3.80.